The fourth-order valence-corrected chi connectivity index (χ4v) is 4.96. The summed E-state index contributed by atoms with van der Waals surface area (Å²) in [6, 6.07) is 10.5. The topological polar surface area (TPSA) is 59.5 Å². The number of aryl methyl sites for hydroxylation is 2. The molecule has 2 fully saturated rings. The Morgan fingerprint density at radius 3 is 2.56 bits per heavy atom. The molecule has 32 heavy (non-hydrogen) atoms. The first kappa shape index (κ1) is 21.1. The summed E-state index contributed by atoms with van der Waals surface area (Å²) in [5.74, 6) is 0.504. The maximum atomic E-state index is 13.5. The summed E-state index contributed by atoms with van der Waals surface area (Å²) in [4.78, 5) is 38.4. The van der Waals surface area contributed by atoms with E-state index in [2.05, 4.69) is 36.9 Å². The summed E-state index contributed by atoms with van der Waals surface area (Å²) in [7, 11) is 1.70. The lowest BCUT2D eigenvalue weighted by Gasteiger charge is -2.40. The minimum absolute atomic E-state index is 0.131. The number of benzene rings is 2. The second-order valence-electron chi connectivity index (χ2n) is 8.49. The highest BCUT2D eigenvalue weighted by molar-refractivity contribution is 6.42. The largest absolute Gasteiger partial charge is 0.328 e. The van der Waals surface area contributed by atoms with Crippen LogP contribution in [0.3, 0.4) is 0 Å². The number of nitrogens with zero attached hydrogens (tertiary/aromatic N) is 5. The first-order valence-electron chi connectivity index (χ1n) is 10.5. The van der Waals surface area contributed by atoms with Gasteiger partial charge < -0.3 is 14.7 Å². The van der Waals surface area contributed by atoms with Crippen molar-refractivity contribution in [1.29, 1.82) is 0 Å². The van der Waals surface area contributed by atoms with E-state index in [-0.39, 0.29) is 18.5 Å². The quantitative estimate of drug-likeness (QED) is 0.680. The highest BCUT2D eigenvalue weighted by atomic mass is 35.5. The van der Waals surface area contributed by atoms with Crippen LogP contribution >= 0.6 is 23.2 Å². The number of hydrogen-bond acceptors (Lipinski definition) is 5. The zero-order valence-electron chi connectivity index (χ0n) is 18.0. The summed E-state index contributed by atoms with van der Waals surface area (Å²) >= 11 is 12.1. The van der Waals surface area contributed by atoms with E-state index in [1.807, 2.05) is 4.90 Å². The van der Waals surface area contributed by atoms with Crippen LogP contribution in [0.25, 0.3) is 0 Å². The second kappa shape index (κ2) is 7.67. The first-order chi connectivity index (χ1) is 15.3. The smallest absolute Gasteiger partial charge is 0.325 e. The molecule has 0 aliphatic carbocycles. The van der Waals surface area contributed by atoms with E-state index in [0.717, 1.165) is 34.9 Å². The summed E-state index contributed by atoms with van der Waals surface area (Å²) in [6.07, 6.45) is -0.539. The molecule has 0 bridgehead atoms. The van der Waals surface area contributed by atoms with Crippen molar-refractivity contribution < 1.29 is 9.59 Å². The van der Waals surface area contributed by atoms with E-state index in [0.29, 0.717) is 16.6 Å². The number of imide groups is 1. The van der Waals surface area contributed by atoms with Gasteiger partial charge in [0.2, 0.25) is 5.96 Å². The van der Waals surface area contributed by atoms with Gasteiger partial charge in [-0.1, -0.05) is 41.4 Å². The highest BCUT2D eigenvalue weighted by Gasteiger charge is 2.54. The number of carbonyl (C=O) groups excluding carboxylic acids is 2. The molecule has 0 spiro atoms. The van der Waals surface area contributed by atoms with E-state index in [1.165, 1.54) is 4.90 Å². The van der Waals surface area contributed by atoms with E-state index < -0.39 is 12.2 Å². The molecule has 0 aromatic heterocycles. The molecule has 2 unspecified atom stereocenters. The van der Waals surface area contributed by atoms with Crippen molar-refractivity contribution in [3.8, 4) is 0 Å². The third kappa shape index (κ3) is 3.22. The number of fused-ring (bicyclic) bond motifs is 3. The summed E-state index contributed by atoms with van der Waals surface area (Å²) in [5.41, 5.74) is 4.13. The predicted molar refractivity (Wildman–Crippen MR) is 125 cm³/mol. The molecule has 0 N–H and O–H groups in total. The van der Waals surface area contributed by atoms with Gasteiger partial charge in [0.1, 0.15) is 0 Å². The number of anilines is 1. The summed E-state index contributed by atoms with van der Waals surface area (Å²) < 4.78 is 0. The van der Waals surface area contributed by atoms with Crippen molar-refractivity contribution >= 4 is 46.8 Å². The lowest BCUT2D eigenvalue weighted by molar-refractivity contribution is -0.137. The highest BCUT2D eigenvalue weighted by Crippen LogP contribution is 2.35. The molecule has 3 aliphatic heterocycles. The van der Waals surface area contributed by atoms with Gasteiger partial charge in [-0.05, 0) is 48.7 Å². The number of halogens is 2. The van der Waals surface area contributed by atoms with Crippen LogP contribution in [0.4, 0.5) is 10.5 Å². The molecule has 9 heteroatoms. The Bertz CT molecular complexity index is 1170. The molecular weight excluding hydrogens is 449 g/mol. The molecule has 0 saturated carbocycles. The average Bonchev–Trinajstić information content (AvgIpc) is 3.33. The van der Waals surface area contributed by atoms with Gasteiger partial charge in [0.05, 0.1) is 16.6 Å². The number of likely N-dealkylation sites (N-methyl/N-ethyl adjacent to an activating group) is 1. The van der Waals surface area contributed by atoms with Gasteiger partial charge in [0.15, 0.2) is 12.2 Å². The number of guanidine groups is 1. The van der Waals surface area contributed by atoms with Crippen LogP contribution in [-0.4, -0.2) is 64.9 Å². The number of urea groups is 1. The van der Waals surface area contributed by atoms with Gasteiger partial charge in [0.25, 0.3) is 5.91 Å². The minimum Gasteiger partial charge on any atom is -0.325 e. The number of carbonyl (C=O) groups is 2. The summed E-state index contributed by atoms with van der Waals surface area (Å²) in [5, 5.41) is 0.823. The van der Waals surface area contributed by atoms with Crippen molar-refractivity contribution in [3.63, 3.8) is 0 Å². The maximum absolute atomic E-state index is 13.5. The standard InChI is InChI=1S/C23H23Cl2N5O2/c1-13-4-5-14(2)18(10-13)28-8-9-29-19-20(26-22(28)29)27(3)23(32)30(21(19)31)12-15-6-7-16(24)17(25)11-15/h4-7,10-11,19-20H,8-9,12H2,1-3H3. The van der Waals surface area contributed by atoms with E-state index >= 15 is 0 Å². The SMILES string of the molecule is Cc1ccc(C)c(N2CCN3C2=NC2C3C(=O)N(Cc3ccc(Cl)c(Cl)c3)C(=O)N2C)c1. The zero-order valence-corrected chi connectivity index (χ0v) is 19.6. The Balaban J connectivity index is 1.45. The van der Waals surface area contributed by atoms with Crippen LogP contribution in [0.1, 0.15) is 16.7 Å². The van der Waals surface area contributed by atoms with Gasteiger partial charge in [-0.25, -0.2) is 9.79 Å². The van der Waals surface area contributed by atoms with Crippen molar-refractivity contribution in [2.75, 3.05) is 25.0 Å². The van der Waals surface area contributed by atoms with Crippen LogP contribution < -0.4 is 4.90 Å². The van der Waals surface area contributed by atoms with Crippen LogP contribution in [0.5, 0.6) is 0 Å². The van der Waals surface area contributed by atoms with Gasteiger partial charge in [-0.2, -0.15) is 0 Å². The maximum Gasteiger partial charge on any atom is 0.328 e. The Morgan fingerprint density at radius 2 is 1.81 bits per heavy atom. The van der Waals surface area contributed by atoms with Gasteiger partial charge in [0, 0.05) is 25.8 Å². The molecular formula is C23H23Cl2N5O2. The van der Waals surface area contributed by atoms with Crippen molar-refractivity contribution in [2.45, 2.75) is 32.6 Å². The Kier molecular flexibility index (Phi) is 5.06. The average molecular weight is 472 g/mol. The first-order valence-corrected chi connectivity index (χ1v) is 11.2. The monoisotopic (exact) mass is 471 g/mol. The second-order valence-corrected chi connectivity index (χ2v) is 9.30. The molecule has 7 nitrogen and oxygen atoms in total. The molecule has 5 rings (SSSR count). The molecule has 3 amide bonds. The minimum atomic E-state index is -0.539. The van der Waals surface area contributed by atoms with Crippen molar-refractivity contribution in [1.82, 2.24) is 14.7 Å². The van der Waals surface area contributed by atoms with E-state index in [1.54, 1.807) is 30.1 Å². The van der Waals surface area contributed by atoms with Gasteiger partial charge >= 0.3 is 6.03 Å². The van der Waals surface area contributed by atoms with Crippen LogP contribution in [-0.2, 0) is 11.3 Å². The number of aliphatic imine (C=N–C) groups is 1. The third-order valence-electron chi connectivity index (χ3n) is 6.36. The van der Waals surface area contributed by atoms with E-state index in [9.17, 15) is 9.59 Å². The lowest BCUT2D eigenvalue weighted by Crippen LogP contribution is -2.64. The van der Waals surface area contributed by atoms with Crippen LogP contribution in [0.2, 0.25) is 10.0 Å². The number of amides is 3. The molecule has 2 aromatic carbocycles. The van der Waals surface area contributed by atoms with Gasteiger partial charge in [-0.3, -0.25) is 9.69 Å². The molecule has 2 atom stereocenters. The number of rotatable bonds is 3. The zero-order chi connectivity index (χ0) is 22.7. The molecule has 2 saturated heterocycles. The molecule has 2 aromatic rings. The fourth-order valence-electron chi connectivity index (χ4n) is 4.64. The lowest BCUT2D eigenvalue weighted by atomic mass is 10.1. The summed E-state index contributed by atoms with van der Waals surface area (Å²) in [6.45, 7) is 5.67. The Morgan fingerprint density at radius 1 is 1.03 bits per heavy atom. The van der Waals surface area contributed by atoms with Crippen LogP contribution in [0, 0.1) is 13.8 Å². The van der Waals surface area contributed by atoms with Crippen molar-refractivity contribution in [3.05, 3.63) is 63.1 Å². The Labute approximate surface area is 196 Å². The third-order valence-corrected chi connectivity index (χ3v) is 7.10. The number of hydrogen-bond donors (Lipinski definition) is 0. The fraction of sp³-hybridized carbons (Fsp3) is 0.348. The van der Waals surface area contributed by atoms with Crippen molar-refractivity contribution in [2.24, 2.45) is 4.99 Å². The predicted octanol–water partition coefficient (Wildman–Crippen LogP) is 3.89. The molecule has 0 radical (unpaired) electrons. The molecule has 3 heterocycles. The van der Waals surface area contributed by atoms with E-state index in [4.69, 9.17) is 28.2 Å². The van der Waals surface area contributed by atoms with Crippen LogP contribution in [0.15, 0.2) is 41.4 Å². The Hall–Kier alpha value is -2.77. The normalized spacial score (nSPS) is 22.5. The molecule has 166 valence electrons. The molecule has 3 aliphatic rings. The van der Waals surface area contributed by atoms with Gasteiger partial charge in [-0.15, -0.1) is 0 Å².